The molecule has 1 atom stereocenters. The molecular weight excluding hydrogens is 242 g/mol. The third kappa shape index (κ3) is 3.77. The molecule has 0 saturated carbocycles. The maximum Gasteiger partial charge on any atom is 0.203 e. The molecule has 1 aromatic carbocycles. The van der Waals surface area contributed by atoms with E-state index < -0.39 is 0 Å². The van der Waals surface area contributed by atoms with Crippen molar-refractivity contribution in [1.29, 1.82) is 0 Å². The minimum Gasteiger partial charge on any atom is -0.493 e. The molecule has 108 valence electrons. The Morgan fingerprint density at radius 1 is 1.00 bits per heavy atom. The monoisotopic (exact) mass is 267 g/mol. The Kier molecular flexibility index (Phi) is 6.50. The van der Waals surface area contributed by atoms with E-state index in [1.165, 1.54) is 12.8 Å². The molecule has 0 radical (unpaired) electrons. The first kappa shape index (κ1) is 15.6. The minimum absolute atomic E-state index is 0.0405. The summed E-state index contributed by atoms with van der Waals surface area (Å²) in [5.41, 5.74) is 7.22. The molecule has 1 rings (SSSR count). The Morgan fingerprint density at radius 2 is 1.68 bits per heavy atom. The Hall–Kier alpha value is -1.42. The molecule has 0 fully saturated rings. The highest BCUT2D eigenvalue weighted by molar-refractivity contribution is 5.56. The van der Waals surface area contributed by atoms with Gasteiger partial charge in [-0.3, -0.25) is 0 Å². The van der Waals surface area contributed by atoms with Gasteiger partial charge in [0, 0.05) is 11.6 Å². The number of unbranched alkanes of at least 4 members (excludes halogenated alkanes) is 2. The van der Waals surface area contributed by atoms with Gasteiger partial charge in [-0.1, -0.05) is 26.2 Å². The standard InChI is InChI=1S/C15H25NO3/c1-5-6-7-8-12(16)11-9-10-13(17-2)15(19-4)14(11)18-3/h9-10,12H,5-8,16H2,1-4H3. The van der Waals surface area contributed by atoms with E-state index in [0.717, 1.165) is 18.4 Å². The lowest BCUT2D eigenvalue weighted by molar-refractivity contribution is 0.320. The number of hydrogen-bond acceptors (Lipinski definition) is 4. The highest BCUT2D eigenvalue weighted by atomic mass is 16.5. The second-order valence-electron chi connectivity index (χ2n) is 4.53. The van der Waals surface area contributed by atoms with Gasteiger partial charge in [0.1, 0.15) is 0 Å². The molecule has 1 aromatic rings. The maximum absolute atomic E-state index is 6.25. The fraction of sp³-hybridized carbons (Fsp3) is 0.600. The molecule has 0 bridgehead atoms. The highest BCUT2D eigenvalue weighted by Crippen LogP contribution is 2.42. The molecule has 4 nitrogen and oxygen atoms in total. The van der Waals surface area contributed by atoms with Gasteiger partial charge in [0.2, 0.25) is 5.75 Å². The summed E-state index contributed by atoms with van der Waals surface area (Å²) in [5.74, 6) is 1.93. The Bertz CT molecular complexity index is 393. The van der Waals surface area contributed by atoms with E-state index >= 15 is 0 Å². The fourth-order valence-corrected chi connectivity index (χ4v) is 2.19. The molecule has 1 unspecified atom stereocenters. The normalized spacial score (nSPS) is 12.1. The zero-order valence-electron chi connectivity index (χ0n) is 12.4. The number of rotatable bonds is 8. The predicted octanol–water partition coefficient (Wildman–Crippen LogP) is 3.29. The smallest absolute Gasteiger partial charge is 0.203 e. The van der Waals surface area contributed by atoms with Crippen molar-refractivity contribution in [2.75, 3.05) is 21.3 Å². The van der Waals surface area contributed by atoms with E-state index in [9.17, 15) is 0 Å². The van der Waals surface area contributed by atoms with Crippen LogP contribution >= 0.6 is 0 Å². The minimum atomic E-state index is -0.0405. The summed E-state index contributed by atoms with van der Waals surface area (Å²) in [6.45, 7) is 2.18. The summed E-state index contributed by atoms with van der Waals surface area (Å²) in [6, 6.07) is 3.79. The van der Waals surface area contributed by atoms with Crippen molar-refractivity contribution in [3.05, 3.63) is 17.7 Å². The van der Waals surface area contributed by atoms with Crippen molar-refractivity contribution < 1.29 is 14.2 Å². The van der Waals surface area contributed by atoms with Crippen LogP contribution in [-0.2, 0) is 0 Å². The average Bonchev–Trinajstić information content (AvgIpc) is 2.45. The van der Waals surface area contributed by atoms with Crippen molar-refractivity contribution in [3.63, 3.8) is 0 Å². The van der Waals surface area contributed by atoms with Gasteiger partial charge in [0.15, 0.2) is 11.5 Å². The maximum atomic E-state index is 6.25. The zero-order valence-corrected chi connectivity index (χ0v) is 12.4. The SMILES string of the molecule is CCCCCC(N)c1ccc(OC)c(OC)c1OC. The first-order valence-corrected chi connectivity index (χ1v) is 6.74. The summed E-state index contributed by atoms with van der Waals surface area (Å²) in [7, 11) is 4.84. The molecule has 0 saturated heterocycles. The molecule has 4 heteroatoms. The first-order valence-electron chi connectivity index (χ1n) is 6.74. The average molecular weight is 267 g/mol. The largest absolute Gasteiger partial charge is 0.493 e. The van der Waals surface area contributed by atoms with Gasteiger partial charge in [0.05, 0.1) is 21.3 Å². The molecule has 0 spiro atoms. The predicted molar refractivity (Wildman–Crippen MR) is 77.2 cm³/mol. The van der Waals surface area contributed by atoms with Crippen LogP contribution in [0.2, 0.25) is 0 Å². The Balaban J connectivity index is 2.99. The number of nitrogens with two attached hydrogens (primary N) is 1. The van der Waals surface area contributed by atoms with Crippen molar-refractivity contribution in [1.82, 2.24) is 0 Å². The molecule has 0 aliphatic rings. The third-order valence-electron chi connectivity index (χ3n) is 3.25. The van der Waals surface area contributed by atoms with Crippen LogP contribution in [-0.4, -0.2) is 21.3 Å². The summed E-state index contributed by atoms with van der Waals surface area (Å²) in [4.78, 5) is 0. The summed E-state index contributed by atoms with van der Waals surface area (Å²) in [5, 5.41) is 0. The molecular formula is C15H25NO3. The van der Waals surface area contributed by atoms with Crippen LogP contribution < -0.4 is 19.9 Å². The van der Waals surface area contributed by atoms with E-state index in [2.05, 4.69) is 6.92 Å². The van der Waals surface area contributed by atoms with Gasteiger partial charge in [-0.25, -0.2) is 0 Å². The van der Waals surface area contributed by atoms with Crippen LogP contribution in [0, 0.1) is 0 Å². The van der Waals surface area contributed by atoms with Gasteiger partial charge in [-0.15, -0.1) is 0 Å². The van der Waals surface area contributed by atoms with Crippen LogP contribution in [0.25, 0.3) is 0 Å². The van der Waals surface area contributed by atoms with Crippen molar-refractivity contribution >= 4 is 0 Å². The summed E-state index contributed by atoms with van der Waals surface area (Å²) in [6.07, 6.45) is 4.45. The molecule has 0 aromatic heterocycles. The molecule has 0 aliphatic heterocycles. The molecule has 19 heavy (non-hydrogen) atoms. The second-order valence-corrected chi connectivity index (χ2v) is 4.53. The van der Waals surface area contributed by atoms with Crippen molar-refractivity contribution in [2.45, 2.75) is 38.6 Å². The lowest BCUT2D eigenvalue weighted by atomic mass is 9.99. The topological polar surface area (TPSA) is 53.7 Å². The zero-order chi connectivity index (χ0) is 14.3. The van der Waals surface area contributed by atoms with Gasteiger partial charge < -0.3 is 19.9 Å². The van der Waals surface area contributed by atoms with Crippen LogP contribution in [0.4, 0.5) is 0 Å². The first-order chi connectivity index (χ1) is 9.19. The number of ether oxygens (including phenoxy) is 3. The van der Waals surface area contributed by atoms with Gasteiger partial charge in [0.25, 0.3) is 0 Å². The number of methoxy groups -OCH3 is 3. The molecule has 0 amide bonds. The Morgan fingerprint density at radius 3 is 2.21 bits per heavy atom. The molecule has 0 heterocycles. The number of benzene rings is 1. The van der Waals surface area contributed by atoms with E-state index in [0.29, 0.717) is 17.2 Å². The third-order valence-corrected chi connectivity index (χ3v) is 3.25. The summed E-state index contributed by atoms with van der Waals surface area (Å²) >= 11 is 0. The van der Waals surface area contributed by atoms with Crippen LogP contribution in [0.15, 0.2) is 12.1 Å². The lowest BCUT2D eigenvalue weighted by Crippen LogP contribution is -2.12. The summed E-state index contributed by atoms with van der Waals surface area (Å²) < 4.78 is 16.1. The van der Waals surface area contributed by atoms with Crippen molar-refractivity contribution in [3.8, 4) is 17.2 Å². The molecule has 2 N–H and O–H groups in total. The van der Waals surface area contributed by atoms with E-state index in [-0.39, 0.29) is 6.04 Å². The van der Waals surface area contributed by atoms with Crippen molar-refractivity contribution in [2.24, 2.45) is 5.73 Å². The number of hydrogen-bond donors (Lipinski definition) is 1. The van der Waals surface area contributed by atoms with Crippen LogP contribution in [0.1, 0.15) is 44.2 Å². The van der Waals surface area contributed by atoms with Crippen LogP contribution in [0.5, 0.6) is 17.2 Å². The fourth-order valence-electron chi connectivity index (χ4n) is 2.19. The van der Waals surface area contributed by atoms with Gasteiger partial charge >= 0.3 is 0 Å². The van der Waals surface area contributed by atoms with Gasteiger partial charge in [-0.2, -0.15) is 0 Å². The van der Waals surface area contributed by atoms with E-state index in [1.807, 2.05) is 12.1 Å². The van der Waals surface area contributed by atoms with Gasteiger partial charge in [-0.05, 0) is 18.6 Å². The van der Waals surface area contributed by atoms with Crippen LogP contribution in [0.3, 0.4) is 0 Å². The highest BCUT2D eigenvalue weighted by Gasteiger charge is 2.19. The molecule has 0 aliphatic carbocycles. The Labute approximate surface area is 115 Å². The lowest BCUT2D eigenvalue weighted by Gasteiger charge is -2.19. The van der Waals surface area contributed by atoms with E-state index in [1.54, 1.807) is 21.3 Å². The quantitative estimate of drug-likeness (QED) is 0.734. The second kappa shape index (κ2) is 7.89. The van der Waals surface area contributed by atoms with E-state index in [4.69, 9.17) is 19.9 Å².